The van der Waals surface area contributed by atoms with Crippen molar-refractivity contribution >= 4 is 27.8 Å². The maximum Gasteiger partial charge on any atom is 0.326 e. The lowest BCUT2D eigenvalue weighted by Gasteiger charge is -2.23. The number of aryl methyl sites for hydroxylation is 1. The third-order valence-corrected chi connectivity index (χ3v) is 4.78. The van der Waals surface area contributed by atoms with Crippen LogP contribution in [0.15, 0.2) is 29.2 Å². The first-order valence-corrected chi connectivity index (χ1v) is 10.1. The molecule has 0 spiro atoms. The molecule has 0 aliphatic rings. The monoisotopic (exact) mass is 413 g/mol. The molecule has 0 fully saturated rings. The highest BCUT2D eigenvalue weighted by molar-refractivity contribution is 7.89. The molecule has 156 valence electrons. The number of carbonyl (C=O) groups excluding carboxylic acids is 3. The van der Waals surface area contributed by atoms with Crippen molar-refractivity contribution in [3.63, 3.8) is 0 Å². The second-order valence-corrected chi connectivity index (χ2v) is 9.05. The van der Waals surface area contributed by atoms with Gasteiger partial charge in [0.25, 0.3) is 5.91 Å². The Morgan fingerprint density at radius 1 is 1.07 bits per heavy atom. The predicted molar refractivity (Wildman–Crippen MR) is 103 cm³/mol. The molecule has 10 heteroatoms. The van der Waals surface area contributed by atoms with Gasteiger partial charge in [-0.05, 0) is 46.8 Å². The lowest BCUT2D eigenvalue weighted by atomic mass is 10.1. The van der Waals surface area contributed by atoms with Crippen molar-refractivity contribution in [2.24, 2.45) is 0 Å². The summed E-state index contributed by atoms with van der Waals surface area (Å²) >= 11 is 0. The summed E-state index contributed by atoms with van der Waals surface area (Å²) in [6, 6.07) is 6.14. The summed E-state index contributed by atoms with van der Waals surface area (Å²) in [7, 11) is -3.84. The van der Waals surface area contributed by atoms with Gasteiger partial charge in [0.1, 0.15) is 6.54 Å². The predicted octanol–water partition coefficient (Wildman–Crippen LogP) is 0.236. The van der Waals surface area contributed by atoms with Crippen molar-refractivity contribution in [1.82, 2.24) is 15.4 Å². The van der Waals surface area contributed by atoms with Gasteiger partial charge >= 0.3 is 5.97 Å². The molecule has 28 heavy (non-hydrogen) atoms. The smallest absolute Gasteiger partial charge is 0.326 e. The van der Waals surface area contributed by atoms with Crippen LogP contribution < -0.4 is 15.4 Å². The van der Waals surface area contributed by atoms with E-state index in [9.17, 15) is 22.8 Å². The van der Waals surface area contributed by atoms with Gasteiger partial charge in [-0.25, -0.2) is 13.1 Å². The molecule has 1 aromatic carbocycles. The zero-order chi connectivity index (χ0) is 21.5. The normalized spacial score (nSPS) is 12.8. The van der Waals surface area contributed by atoms with E-state index in [0.717, 1.165) is 5.56 Å². The number of esters is 1. The number of carbonyl (C=O) groups is 3. The number of nitrogens with one attached hydrogen (secondary N) is 3. The van der Waals surface area contributed by atoms with Gasteiger partial charge in [0.2, 0.25) is 15.9 Å². The van der Waals surface area contributed by atoms with Crippen LogP contribution >= 0.6 is 0 Å². The summed E-state index contributed by atoms with van der Waals surface area (Å²) in [4.78, 5) is 35.4. The van der Waals surface area contributed by atoms with Crippen LogP contribution in [0.5, 0.6) is 0 Å². The fourth-order valence-electron chi connectivity index (χ4n) is 1.96. The third kappa shape index (κ3) is 8.49. The average molecular weight is 413 g/mol. The minimum atomic E-state index is -3.84. The van der Waals surface area contributed by atoms with Gasteiger partial charge in [-0.1, -0.05) is 17.7 Å². The number of hydrogen-bond donors (Lipinski definition) is 3. The van der Waals surface area contributed by atoms with Gasteiger partial charge in [0.15, 0.2) is 6.10 Å². The van der Waals surface area contributed by atoms with E-state index in [2.05, 4.69) is 15.4 Å². The van der Waals surface area contributed by atoms with Crippen molar-refractivity contribution in [3.05, 3.63) is 29.8 Å². The standard InChI is InChI=1S/C18H27N3O6S/c1-12-6-8-14(9-7-12)28(25,26)20-10-15(22)19-11-16(23)27-13(2)17(24)21-18(3,4)5/h6-9,13,20H,10-11H2,1-5H3,(H,19,22)(H,21,24)/t13-/m0/s1. The Balaban J connectivity index is 2.42. The van der Waals surface area contributed by atoms with E-state index in [-0.39, 0.29) is 4.90 Å². The summed E-state index contributed by atoms with van der Waals surface area (Å²) in [5.74, 6) is -1.98. The van der Waals surface area contributed by atoms with Crippen LogP contribution in [0.3, 0.4) is 0 Å². The van der Waals surface area contributed by atoms with E-state index >= 15 is 0 Å². The molecular weight excluding hydrogens is 386 g/mol. The van der Waals surface area contributed by atoms with E-state index in [1.54, 1.807) is 32.9 Å². The largest absolute Gasteiger partial charge is 0.451 e. The molecule has 0 aliphatic carbocycles. The van der Waals surface area contributed by atoms with Crippen LogP contribution in [-0.2, 0) is 29.1 Å². The molecule has 1 atom stereocenters. The Hall–Kier alpha value is -2.46. The van der Waals surface area contributed by atoms with Crippen molar-refractivity contribution in [2.45, 2.75) is 51.2 Å². The summed E-state index contributed by atoms with van der Waals surface area (Å²) in [5, 5.41) is 4.90. The van der Waals surface area contributed by atoms with E-state index in [1.807, 2.05) is 6.92 Å². The van der Waals surface area contributed by atoms with Crippen molar-refractivity contribution in [3.8, 4) is 0 Å². The first kappa shape index (κ1) is 23.6. The van der Waals surface area contributed by atoms with Crippen LogP contribution in [0.1, 0.15) is 33.3 Å². The maximum atomic E-state index is 12.1. The minimum Gasteiger partial charge on any atom is -0.451 e. The molecule has 2 amide bonds. The number of rotatable bonds is 8. The molecule has 0 radical (unpaired) electrons. The van der Waals surface area contributed by atoms with Crippen LogP contribution in [0.4, 0.5) is 0 Å². The fraction of sp³-hybridized carbons (Fsp3) is 0.500. The van der Waals surface area contributed by atoms with Gasteiger partial charge in [-0.15, -0.1) is 0 Å². The van der Waals surface area contributed by atoms with Gasteiger partial charge < -0.3 is 15.4 Å². The van der Waals surface area contributed by atoms with E-state index in [1.165, 1.54) is 19.1 Å². The lowest BCUT2D eigenvalue weighted by Crippen LogP contribution is -2.47. The number of sulfonamides is 1. The molecule has 1 aromatic rings. The molecule has 1 rings (SSSR count). The van der Waals surface area contributed by atoms with Gasteiger partial charge in [-0.2, -0.15) is 0 Å². The van der Waals surface area contributed by atoms with Gasteiger partial charge in [-0.3, -0.25) is 14.4 Å². The van der Waals surface area contributed by atoms with E-state index in [0.29, 0.717) is 0 Å². The summed E-state index contributed by atoms with van der Waals surface area (Å²) in [6.07, 6.45) is -1.02. The van der Waals surface area contributed by atoms with Crippen molar-refractivity contribution < 1.29 is 27.5 Å². The average Bonchev–Trinajstić information content (AvgIpc) is 2.57. The molecular formula is C18H27N3O6S. The Bertz CT molecular complexity index is 813. The SMILES string of the molecule is Cc1ccc(S(=O)(=O)NCC(=O)NCC(=O)O[C@@H](C)C(=O)NC(C)(C)C)cc1. The molecule has 0 unspecified atom stereocenters. The first-order chi connectivity index (χ1) is 12.8. The number of benzene rings is 1. The molecule has 0 bridgehead atoms. The summed E-state index contributed by atoms with van der Waals surface area (Å²) < 4.78 is 31.3. The van der Waals surface area contributed by atoms with Crippen LogP contribution in [-0.4, -0.2) is 50.9 Å². The Morgan fingerprint density at radius 2 is 1.64 bits per heavy atom. The molecule has 0 aliphatic heterocycles. The van der Waals surface area contributed by atoms with Crippen LogP contribution in [0.2, 0.25) is 0 Å². The third-order valence-electron chi connectivity index (χ3n) is 3.36. The molecule has 0 heterocycles. The highest BCUT2D eigenvalue weighted by Gasteiger charge is 2.22. The highest BCUT2D eigenvalue weighted by atomic mass is 32.2. The van der Waals surface area contributed by atoms with Crippen molar-refractivity contribution in [1.29, 1.82) is 0 Å². The maximum absolute atomic E-state index is 12.1. The topological polar surface area (TPSA) is 131 Å². The van der Waals surface area contributed by atoms with Crippen LogP contribution in [0.25, 0.3) is 0 Å². The Kier molecular flexibility index (Phi) is 8.13. The number of amides is 2. The zero-order valence-electron chi connectivity index (χ0n) is 16.7. The van der Waals surface area contributed by atoms with Gasteiger partial charge in [0.05, 0.1) is 11.4 Å². The van der Waals surface area contributed by atoms with Gasteiger partial charge in [0, 0.05) is 5.54 Å². The fourth-order valence-corrected chi connectivity index (χ4v) is 2.94. The van der Waals surface area contributed by atoms with E-state index in [4.69, 9.17) is 4.74 Å². The molecule has 3 N–H and O–H groups in total. The summed E-state index contributed by atoms with van der Waals surface area (Å²) in [5.41, 5.74) is 0.432. The Labute approximate surface area is 165 Å². The van der Waals surface area contributed by atoms with E-state index < -0.39 is 52.5 Å². The Morgan fingerprint density at radius 3 is 2.18 bits per heavy atom. The first-order valence-electron chi connectivity index (χ1n) is 8.65. The minimum absolute atomic E-state index is 0.0315. The molecule has 0 saturated carbocycles. The molecule has 0 aromatic heterocycles. The van der Waals surface area contributed by atoms with Crippen LogP contribution in [0, 0.1) is 6.92 Å². The lowest BCUT2D eigenvalue weighted by molar-refractivity contribution is -0.154. The zero-order valence-corrected chi connectivity index (χ0v) is 17.5. The number of ether oxygens (including phenoxy) is 1. The van der Waals surface area contributed by atoms with Crippen molar-refractivity contribution in [2.75, 3.05) is 13.1 Å². The second-order valence-electron chi connectivity index (χ2n) is 7.29. The number of hydrogen-bond acceptors (Lipinski definition) is 6. The molecule has 0 saturated heterocycles. The quantitative estimate of drug-likeness (QED) is 0.523. The summed E-state index contributed by atoms with van der Waals surface area (Å²) in [6.45, 7) is 7.58. The highest BCUT2D eigenvalue weighted by Crippen LogP contribution is 2.09. The molecule has 9 nitrogen and oxygen atoms in total. The second kappa shape index (κ2) is 9.65.